The van der Waals surface area contributed by atoms with Crippen molar-refractivity contribution in [3.63, 3.8) is 0 Å². The third-order valence-electron chi connectivity index (χ3n) is 9.20. The van der Waals surface area contributed by atoms with Crippen LogP contribution < -0.4 is 10.6 Å². The molecule has 0 radical (unpaired) electrons. The molecule has 3 amide bonds. The number of aryl methyl sites for hydroxylation is 2. The van der Waals surface area contributed by atoms with Gasteiger partial charge in [0.15, 0.2) is 5.69 Å². The summed E-state index contributed by atoms with van der Waals surface area (Å²) in [5.74, 6) is -0.109. The van der Waals surface area contributed by atoms with Crippen molar-refractivity contribution in [1.82, 2.24) is 24.9 Å². The van der Waals surface area contributed by atoms with Gasteiger partial charge in [0.2, 0.25) is 0 Å². The van der Waals surface area contributed by atoms with Crippen LogP contribution in [0.4, 0.5) is 10.5 Å². The van der Waals surface area contributed by atoms with E-state index in [1.807, 2.05) is 66.1 Å². The number of carbonyl (C=O) groups excluding carboxylic acids is 2. The summed E-state index contributed by atoms with van der Waals surface area (Å²) in [6.45, 7) is 10.1. The van der Waals surface area contributed by atoms with Crippen LogP contribution in [0.3, 0.4) is 0 Å². The Hall–Kier alpha value is -4.51. The summed E-state index contributed by atoms with van der Waals surface area (Å²) < 4.78 is 1.69. The number of aliphatic hydroxyl groups excluding tert-OH is 2. The summed E-state index contributed by atoms with van der Waals surface area (Å²) in [6.07, 6.45) is 3.26. The lowest BCUT2D eigenvalue weighted by Crippen LogP contribution is -2.45. The summed E-state index contributed by atoms with van der Waals surface area (Å²) in [4.78, 5) is 30.5. The van der Waals surface area contributed by atoms with E-state index in [-0.39, 0.29) is 24.6 Å². The van der Waals surface area contributed by atoms with Crippen molar-refractivity contribution < 1.29 is 19.8 Å². The van der Waals surface area contributed by atoms with Crippen LogP contribution in [0.1, 0.15) is 89.8 Å². The number of nitrogens with zero attached hydrogens (tertiary/aromatic N) is 4. The third kappa shape index (κ3) is 8.75. The molecular formula is C39H50N6O4. The minimum Gasteiger partial charge on any atom is -0.395 e. The van der Waals surface area contributed by atoms with Crippen LogP contribution in [0.2, 0.25) is 0 Å². The number of aliphatic hydroxyl groups is 2. The molecule has 0 spiro atoms. The fourth-order valence-corrected chi connectivity index (χ4v) is 6.45. The first-order chi connectivity index (χ1) is 23.7. The Morgan fingerprint density at radius 3 is 2.39 bits per heavy atom. The van der Waals surface area contributed by atoms with Crippen LogP contribution in [0.5, 0.6) is 0 Å². The smallest absolute Gasteiger partial charge is 0.319 e. The fourth-order valence-electron chi connectivity index (χ4n) is 6.45. The predicted octanol–water partition coefficient (Wildman–Crippen LogP) is 6.26. The molecule has 2 unspecified atom stereocenters. The molecule has 0 bridgehead atoms. The molecule has 4 N–H and O–H groups in total. The maximum Gasteiger partial charge on any atom is 0.319 e. The molecule has 0 saturated heterocycles. The molecule has 0 fully saturated rings. The normalized spacial score (nSPS) is 15.0. The molecule has 1 aliphatic heterocycles. The van der Waals surface area contributed by atoms with Gasteiger partial charge in [-0.15, -0.1) is 0 Å². The lowest BCUT2D eigenvalue weighted by atomic mass is 9.93. The maximum absolute atomic E-state index is 13.7. The van der Waals surface area contributed by atoms with E-state index in [0.717, 1.165) is 53.6 Å². The van der Waals surface area contributed by atoms with E-state index in [0.29, 0.717) is 55.2 Å². The van der Waals surface area contributed by atoms with Gasteiger partial charge in [-0.05, 0) is 74.1 Å². The molecule has 2 heterocycles. The molecule has 10 heteroatoms. The van der Waals surface area contributed by atoms with Crippen LogP contribution in [-0.4, -0.2) is 67.5 Å². The summed E-state index contributed by atoms with van der Waals surface area (Å²) >= 11 is 0. The molecule has 1 aromatic heterocycles. The Morgan fingerprint density at radius 2 is 1.69 bits per heavy atom. The van der Waals surface area contributed by atoms with Crippen LogP contribution in [0, 0.1) is 13.8 Å². The van der Waals surface area contributed by atoms with Crippen LogP contribution in [-0.2, 0) is 19.5 Å². The van der Waals surface area contributed by atoms with Gasteiger partial charge in [-0.1, -0.05) is 80.8 Å². The van der Waals surface area contributed by atoms with Gasteiger partial charge in [0.1, 0.15) is 6.23 Å². The van der Waals surface area contributed by atoms with Gasteiger partial charge >= 0.3 is 6.03 Å². The van der Waals surface area contributed by atoms with E-state index in [1.165, 1.54) is 0 Å². The van der Waals surface area contributed by atoms with Crippen molar-refractivity contribution in [2.45, 2.75) is 85.2 Å². The number of rotatable bonds is 14. The highest BCUT2D eigenvalue weighted by atomic mass is 16.3. The van der Waals surface area contributed by atoms with Crippen LogP contribution in [0.25, 0.3) is 5.69 Å². The Kier molecular flexibility index (Phi) is 12.2. The highest BCUT2D eigenvalue weighted by molar-refractivity contribution is 5.92. The second kappa shape index (κ2) is 16.7. The van der Waals surface area contributed by atoms with Gasteiger partial charge in [-0.25, -0.2) is 9.48 Å². The van der Waals surface area contributed by atoms with Gasteiger partial charge in [0.05, 0.1) is 12.3 Å². The molecule has 0 saturated carbocycles. The number of aromatic nitrogens is 2. The van der Waals surface area contributed by atoms with Crippen molar-refractivity contribution >= 4 is 17.6 Å². The number of hydrogen-bond acceptors (Lipinski definition) is 6. The number of urea groups is 1. The zero-order valence-corrected chi connectivity index (χ0v) is 29.2. The van der Waals surface area contributed by atoms with Gasteiger partial charge in [-0.2, -0.15) is 5.10 Å². The monoisotopic (exact) mass is 666 g/mol. The average Bonchev–Trinajstić information content (AvgIpc) is 3.50. The Labute approximate surface area is 289 Å². The lowest BCUT2D eigenvalue weighted by molar-refractivity contribution is -0.0529. The standard InChI is InChI=1S/C39H50N6O4/c1-5-7-18-43(19-8-6-2)38(48)35-21-28(4)45(42-35)36-17-16-32(41-39(49)40-24-29-13-11-12-27(3)20-29)23-34(36)37(47)44-25-31-15-10-9-14-30(31)22-33(44)26-46/h9-17,20-21,23,33,37,46-47H,5-8,18-19,22,24-26H2,1-4H3,(H2,40,41,49). The Morgan fingerprint density at radius 1 is 0.959 bits per heavy atom. The number of unbranched alkanes of at least 4 members (excludes halogenated alkanes) is 2. The molecule has 3 aromatic carbocycles. The molecule has 2 atom stereocenters. The molecule has 0 aliphatic carbocycles. The largest absolute Gasteiger partial charge is 0.395 e. The van der Waals surface area contributed by atoms with Crippen LogP contribution in [0.15, 0.2) is 72.8 Å². The summed E-state index contributed by atoms with van der Waals surface area (Å²) in [6, 6.07) is 22.4. The Bertz CT molecular complexity index is 1730. The van der Waals surface area contributed by atoms with Gasteiger partial charge in [0.25, 0.3) is 5.91 Å². The average molecular weight is 667 g/mol. The third-order valence-corrected chi connectivity index (χ3v) is 9.20. The molecule has 1 aliphatic rings. The van der Waals surface area contributed by atoms with Crippen molar-refractivity contribution in [3.8, 4) is 5.69 Å². The predicted molar refractivity (Wildman–Crippen MR) is 193 cm³/mol. The lowest BCUT2D eigenvalue weighted by Gasteiger charge is -2.39. The zero-order chi connectivity index (χ0) is 34.9. The molecule has 4 aromatic rings. The van der Waals surface area contributed by atoms with E-state index >= 15 is 0 Å². The highest BCUT2D eigenvalue weighted by Gasteiger charge is 2.33. The highest BCUT2D eigenvalue weighted by Crippen LogP contribution is 2.34. The van der Waals surface area contributed by atoms with Crippen molar-refractivity contribution in [2.24, 2.45) is 0 Å². The molecule has 49 heavy (non-hydrogen) atoms. The SMILES string of the molecule is CCCCN(CCCC)C(=O)c1cc(C)n(-c2ccc(NC(=O)NCc3cccc(C)c3)cc2C(O)N2Cc3ccccc3CC2CO)n1. The fraction of sp³-hybridized carbons (Fsp3) is 0.410. The first kappa shape index (κ1) is 35.8. The second-order valence-electron chi connectivity index (χ2n) is 13.0. The number of amides is 3. The maximum atomic E-state index is 13.7. The number of fused-ring (bicyclic) bond motifs is 1. The van der Waals surface area contributed by atoms with E-state index in [9.17, 15) is 19.8 Å². The second-order valence-corrected chi connectivity index (χ2v) is 13.0. The number of carbonyl (C=O) groups is 2. The Balaban J connectivity index is 1.48. The van der Waals surface area contributed by atoms with Gasteiger partial charge in [-0.3, -0.25) is 9.69 Å². The first-order valence-corrected chi connectivity index (χ1v) is 17.4. The summed E-state index contributed by atoms with van der Waals surface area (Å²) in [5, 5.41) is 33.1. The number of benzene rings is 3. The number of hydrogen-bond donors (Lipinski definition) is 4. The molecule has 5 rings (SSSR count). The summed E-state index contributed by atoms with van der Waals surface area (Å²) in [7, 11) is 0. The van der Waals surface area contributed by atoms with Crippen molar-refractivity contribution in [1.29, 1.82) is 0 Å². The molecule has 260 valence electrons. The quantitative estimate of drug-likeness (QED) is 0.126. The first-order valence-electron chi connectivity index (χ1n) is 17.4. The zero-order valence-electron chi connectivity index (χ0n) is 29.2. The van der Waals surface area contributed by atoms with Crippen molar-refractivity contribution in [2.75, 3.05) is 25.0 Å². The van der Waals surface area contributed by atoms with Gasteiger partial charge in [0, 0.05) is 49.2 Å². The minimum atomic E-state index is -1.15. The minimum absolute atomic E-state index is 0.109. The molecular weight excluding hydrogens is 616 g/mol. The number of anilines is 1. The summed E-state index contributed by atoms with van der Waals surface area (Å²) in [5.41, 5.74) is 6.99. The topological polar surface area (TPSA) is 123 Å². The number of nitrogens with one attached hydrogen (secondary N) is 2. The van der Waals surface area contributed by atoms with Crippen LogP contribution >= 0.6 is 0 Å². The van der Waals surface area contributed by atoms with E-state index in [4.69, 9.17) is 5.10 Å². The van der Waals surface area contributed by atoms with Gasteiger partial charge < -0.3 is 25.7 Å². The van der Waals surface area contributed by atoms with E-state index < -0.39 is 6.23 Å². The van der Waals surface area contributed by atoms with Crippen molar-refractivity contribution in [3.05, 3.63) is 112 Å². The molecule has 10 nitrogen and oxygen atoms in total. The van der Waals surface area contributed by atoms with E-state index in [1.54, 1.807) is 28.9 Å². The van der Waals surface area contributed by atoms with E-state index in [2.05, 4.69) is 30.5 Å².